The van der Waals surface area contributed by atoms with Gasteiger partial charge in [0, 0.05) is 32.5 Å². The van der Waals surface area contributed by atoms with Crippen LogP contribution in [0.5, 0.6) is 0 Å². The number of carbonyl (C=O) groups is 2. The van der Waals surface area contributed by atoms with Crippen molar-refractivity contribution in [2.45, 2.75) is 44.2 Å². The van der Waals surface area contributed by atoms with E-state index in [1.165, 1.54) is 0 Å². The molecule has 0 radical (unpaired) electrons. The summed E-state index contributed by atoms with van der Waals surface area (Å²) >= 11 is 0. The Morgan fingerprint density at radius 1 is 1.20 bits per heavy atom. The molecule has 1 unspecified atom stereocenters. The summed E-state index contributed by atoms with van der Waals surface area (Å²) in [6.07, 6.45) is -3.76. The number of nitrogens with zero attached hydrogens (tertiary/aromatic N) is 1. The molecule has 1 aliphatic carbocycles. The van der Waals surface area contributed by atoms with Crippen molar-refractivity contribution in [1.29, 1.82) is 0 Å². The highest BCUT2D eigenvalue weighted by molar-refractivity contribution is 5.77. The van der Waals surface area contributed by atoms with Crippen molar-refractivity contribution in [3.63, 3.8) is 0 Å². The van der Waals surface area contributed by atoms with Crippen LogP contribution in [0, 0.1) is 17.8 Å². The predicted octanol–water partition coefficient (Wildman–Crippen LogP) is 3.11. The summed E-state index contributed by atoms with van der Waals surface area (Å²) in [6.45, 7) is -1.35. The number of likely N-dealkylation sites (tertiary alicyclic amines) is 1. The van der Waals surface area contributed by atoms with Gasteiger partial charge in [0.2, 0.25) is 5.92 Å². The number of hydrogen-bond donors (Lipinski definition) is 2. The smallest absolute Gasteiger partial charge is 0.394 e. The van der Waals surface area contributed by atoms with Gasteiger partial charge in [-0.3, -0.25) is 4.79 Å². The van der Waals surface area contributed by atoms with Gasteiger partial charge in [0.15, 0.2) is 0 Å². The molecule has 2 fully saturated rings. The van der Waals surface area contributed by atoms with Gasteiger partial charge in [0.05, 0.1) is 11.8 Å². The van der Waals surface area contributed by atoms with Crippen molar-refractivity contribution in [3.05, 3.63) is 0 Å². The minimum Gasteiger partial charge on any atom is -0.481 e. The van der Waals surface area contributed by atoms with E-state index in [-0.39, 0.29) is 19.4 Å². The zero-order valence-electron chi connectivity index (χ0n) is 13.5. The Kier molecular flexibility index (Phi) is 5.78. The fraction of sp³-hybridized carbons (Fsp3) is 0.867. The number of halogens is 5. The Bertz CT molecular complexity index is 512. The monoisotopic (exact) mass is 372 g/mol. The van der Waals surface area contributed by atoms with Gasteiger partial charge in [-0.1, -0.05) is 6.42 Å². The second-order valence-electron chi connectivity index (χ2n) is 6.86. The maximum absolute atomic E-state index is 13.5. The third kappa shape index (κ3) is 5.18. The summed E-state index contributed by atoms with van der Waals surface area (Å²) < 4.78 is 65.8. The van der Waals surface area contributed by atoms with Crippen molar-refractivity contribution < 1.29 is 36.6 Å². The van der Waals surface area contributed by atoms with Crippen LogP contribution in [0.2, 0.25) is 0 Å². The van der Waals surface area contributed by atoms with Gasteiger partial charge < -0.3 is 15.3 Å². The van der Waals surface area contributed by atoms with Gasteiger partial charge in [-0.2, -0.15) is 13.2 Å². The van der Waals surface area contributed by atoms with Crippen LogP contribution in [0.3, 0.4) is 0 Å². The summed E-state index contributed by atoms with van der Waals surface area (Å²) in [4.78, 5) is 23.8. The minimum absolute atomic E-state index is 0.0562. The molecule has 2 aliphatic rings. The second-order valence-corrected chi connectivity index (χ2v) is 6.86. The van der Waals surface area contributed by atoms with Crippen molar-refractivity contribution >= 4 is 12.0 Å². The van der Waals surface area contributed by atoms with Crippen LogP contribution >= 0.6 is 0 Å². The fourth-order valence-corrected chi connectivity index (χ4v) is 3.51. The molecule has 1 saturated heterocycles. The van der Waals surface area contributed by atoms with Gasteiger partial charge in [0.1, 0.15) is 0 Å². The Morgan fingerprint density at radius 3 is 2.44 bits per heavy atom. The van der Waals surface area contributed by atoms with Gasteiger partial charge in [-0.05, 0) is 18.8 Å². The number of aliphatic carboxylic acids is 1. The van der Waals surface area contributed by atoms with Crippen molar-refractivity contribution in [2.24, 2.45) is 17.8 Å². The molecule has 2 amide bonds. The summed E-state index contributed by atoms with van der Waals surface area (Å²) in [5.74, 6) is -8.69. The number of alkyl halides is 5. The molecule has 25 heavy (non-hydrogen) atoms. The van der Waals surface area contributed by atoms with E-state index in [2.05, 4.69) is 5.32 Å². The van der Waals surface area contributed by atoms with Gasteiger partial charge in [-0.25, -0.2) is 13.6 Å². The summed E-state index contributed by atoms with van der Waals surface area (Å²) in [5.41, 5.74) is 0. The number of carboxylic acid groups (broad SMARTS) is 1. The number of rotatable bonds is 3. The van der Waals surface area contributed by atoms with Gasteiger partial charge in [0.25, 0.3) is 0 Å². The largest absolute Gasteiger partial charge is 0.481 e. The fourth-order valence-electron chi connectivity index (χ4n) is 3.51. The van der Waals surface area contributed by atoms with Crippen molar-refractivity contribution in [2.75, 3.05) is 19.6 Å². The van der Waals surface area contributed by atoms with Crippen LogP contribution < -0.4 is 5.32 Å². The van der Waals surface area contributed by atoms with Gasteiger partial charge >= 0.3 is 18.2 Å². The lowest BCUT2D eigenvalue weighted by molar-refractivity contribution is -0.187. The molecule has 0 spiro atoms. The van der Waals surface area contributed by atoms with Crippen LogP contribution in [-0.2, 0) is 4.79 Å². The molecule has 1 saturated carbocycles. The number of carboxylic acids is 1. The molecule has 2 rings (SSSR count). The molecule has 5 nitrogen and oxygen atoms in total. The number of nitrogens with one attached hydrogen (secondary N) is 1. The SMILES string of the molecule is O=C(O)[C@@H]1CN(C(=O)NCC2CCCCC(F)(F)C2)C[C@H]1C(F)(F)F. The number of urea groups is 1. The topological polar surface area (TPSA) is 69.6 Å². The molecule has 3 atom stereocenters. The molecular weight excluding hydrogens is 351 g/mol. The summed E-state index contributed by atoms with van der Waals surface area (Å²) in [6, 6.07) is -0.842. The Hall–Kier alpha value is -1.61. The van der Waals surface area contributed by atoms with Crippen LogP contribution in [0.4, 0.5) is 26.7 Å². The zero-order valence-corrected chi connectivity index (χ0v) is 13.5. The highest BCUT2D eigenvalue weighted by atomic mass is 19.4. The third-order valence-corrected chi connectivity index (χ3v) is 4.88. The first-order valence-electron chi connectivity index (χ1n) is 8.20. The lowest BCUT2D eigenvalue weighted by atomic mass is 9.96. The van der Waals surface area contributed by atoms with Crippen LogP contribution in [0.1, 0.15) is 32.1 Å². The maximum atomic E-state index is 13.5. The summed E-state index contributed by atoms with van der Waals surface area (Å²) in [5, 5.41) is 11.3. The Labute approximate surface area is 141 Å². The Morgan fingerprint density at radius 2 is 1.88 bits per heavy atom. The molecule has 2 N–H and O–H groups in total. The van der Waals surface area contributed by atoms with E-state index in [1.807, 2.05) is 0 Å². The highest BCUT2D eigenvalue weighted by Gasteiger charge is 2.53. The minimum atomic E-state index is -4.72. The average Bonchev–Trinajstić information content (AvgIpc) is 2.86. The predicted molar refractivity (Wildman–Crippen MR) is 77.2 cm³/mol. The van der Waals surface area contributed by atoms with Crippen LogP contribution in [-0.4, -0.2) is 53.7 Å². The van der Waals surface area contributed by atoms with Crippen LogP contribution in [0.15, 0.2) is 0 Å². The van der Waals surface area contributed by atoms with E-state index in [9.17, 15) is 31.5 Å². The van der Waals surface area contributed by atoms with E-state index in [0.717, 1.165) is 4.90 Å². The lowest BCUT2D eigenvalue weighted by Gasteiger charge is -2.22. The third-order valence-electron chi connectivity index (χ3n) is 4.88. The second kappa shape index (κ2) is 7.33. The Balaban J connectivity index is 1.91. The molecule has 0 aromatic carbocycles. The quantitative estimate of drug-likeness (QED) is 0.591. The van der Waals surface area contributed by atoms with E-state index >= 15 is 0 Å². The highest BCUT2D eigenvalue weighted by Crippen LogP contribution is 2.38. The van der Waals surface area contributed by atoms with E-state index in [1.54, 1.807) is 0 Å². The standard InChI is InChI=1S/C15H21F5N2O3/c16-14(17)4-2-1-3-9(5-14)6-21-13(25)22-7-10(12(23)24)11(8-22)15(18,19)20/h9-11H,1-8H2,(H,21,25)(H,23,24)/t9?,10-,11-/m1/s1. The molecule has 1 aliphatic heterocycles. The number of amides is 2. The van der Waals surface area contributed by atoms with Gasteiger partial charge in [-0.15, -0.1) is 0 Å². The molecule has 0 aromatic heterocycles. The first-order valence-corrected chi connectivity index (χ1v) is 8.20. The molecule has 144 valence electrons. The number of carbonyl (C=O) groups excluding carboxylic acids is 1. The summed E-state index contributed by atoms with van der Waals surface area (Å²) in [7, 11) is 0. The number of hydrogen-bond acceptors (Lipinski definition) is 2. The normalized spacial score (nSPS) is 30.0. The molecule has 0 bridgehead atoms. The van der Waals surface area contributed by atoms with E-state index in [4.69, 9.17) is 5.11 Å². The lowest BCUT2D eigenvalue weighted by Crippen LogP contribution is -2.42. The average molecular weight is 372 g/mol. The first-order chi connectivity index (χ1) is 11.5. The van der Waals surface area contributed by atoms with Crippen LogP contribution in [0.25, 0.3) is 0 Å². The van der Waals surface area contributed by atoms with Crippen molar-refractivity contribution in [3.8, 4) is 0 Å². The molecule has 1 heterocycles. The van der Waals surface area contributed by atoms with Crippen molar-refractivity contribution in [1.82, 2.24) is 10.2 Å². The van der Waals surface area contributed by atoms with E-state index in [0.29, 0.717) is 19.3 Å². The molecule has 0 aromatic rings. The van der Waals surface area contributed by atoms with E-state index < -0.39 is 54.9 Å². The molecule has 10 heteroatoms. The maximum Gasteiger partial charge on any atom is 0.394 e. The molecular formula is C15H21F5N2O3. The first kappa shape index (κ1) is 19.7. The zero-order chi connectivity index (χ0) is 18.8.